The van der Waals surface area contributed by atoms with Crippen LogP contribution in [0.15, 0.2) is 30.5 Å². The smallest absolute Gasteiger partial charge is 0.358 e. The van der Waals surface area contributed by atoms with Gasteiger partial charge in [-0.3, -0.25) is 4.79 Å². The predicted octanol–water partition coefficient (Wildman–Crippen LogP) is 0.786. The number of carbonyl (C=O) groups is 2. The summed E-state index contributed by atoms with van der Waals surface area (Å²) in [6, 6.07) is 7.50. The van der Waals surface area contributed by atoms with Gasteiger partial charge in [0, 0.05) is 12.1 Å². The van der Waals surface area contributed by atoms with Gasteiger partial charge in [-0.1, -0.05) is 23.4 Å². The zero-order valence-electron chi connectivity index (χ0n) is 12.5. The average molecular weight is 316 g/mol. The van der Waals surface area contributed by atoms with Crippen molar-refractivity contribution in [2.24, 2.45) is 0 Å². The summed E-state index contributed by atoms with van der Waals surface area (Å²) in [5.41, 5.74) is 0.755. The van der Waals surface area contributed by atoms with E-state index in [1.165, 1.54) is 10.9 Å². The summed E-state index contributed by atoms with van der Waals surface area (Å²) in [5, 5.41) is 16.0. The standard InChI is InChI=1S/C15H16N4O4/c1-10-9-23-13-5-3-2-4-11(13)6-19(10)14(20)8-18-7-12(15(21)22)16-17-18/h2-5,7,10H,6,8-9H2,1H3,(H,21,22). The van der Waals surface area contributed by atoms with E-state index in [9.17, 15) is 9.59 Å². The molecule has 2 aromatic rings. The molecule has 3 rings (SSSR count). The number of benzene rings is 1. The molecule has 0 bridgehead atoms. The number of para-hydroxylation sites is 1. The number of carboxylic acids is 1. The summed E-state index contributed by atoms with van der Waals surface area (Å²) in [5.74, 6) is -0.558. The van der Waals surface area contributed by atoms with E-state index >= 15 is 0 Å². The van der Waals surface area contributed by atoms with Crippen LogP contribution in [0.3, 0.4) is 0 Å². The second kappa shape index (κ2) is 6.07. The first kappa shape index (κ1) is 15.0. The fraction of sp³-hybridized carbons (Fsp3) is 0.333. The minimum atomic E-state index is -1.17. The second-order valence-electron chi connectivity index (χ2n) is 5.40. The van der Waals surface area contributed by atoms with Gasteiger partial charge >= 0.3 is 5.97 Å². The van der Waals surface area contributed by atoms with Gasteiger partial charge in [-0.05, 0) is 13.0 Å². The van der Waals surface area contributed by atoms with Gasteiger partial charge in [0.1, 0.15) is 18.9 Å². The van der Waals surface area contributed by atoms with Crippen molar-refractivity contribution in [2.45, 2.75) is 26.1 Å². The van der Waals surface area contributed by atoms with Gasteiger partial charge < -0.3 is 14.7 Å². The van der Waals surface area contributed by atoms with E-state index in [4.69, 9.17) is 9.84 Å². The van der Waals surface area contributed by atoms with Crippen molar-refractivity contribution in [1.29, 1.82) is 0 Å². The molecule has 0 radical (unpaired) electrons. The first-order valence-corrected chi connectivity index (χ1v) is 7.18. The maximum absolute atomic E-state index is 12.6. The largest absolute Gasteiger partial charge is 0.491 e. The van der Waals surface area contributed by atoms with Crippen LogP contribution in [0.25, 0.3) is 0 Å². The van der Waals surface area contributed by atoms with Crippen LogP contribution < -0.4 is 4.74 Å². The molecule has 1 aromatic carbocycles. The third-order valence-corrected chi connectivity index (χ3v) is 3.70. The maximum atomic E-state index is 12.6. The van der Waals surface area contributed by atoms with Crippen LogP contribution in [0, 0.1) is 0 Å². The molecule has 1 unspecified atom stereocenters. The Bertz CT molecular complexity index is 743. The third-order valence-electron chi connectivity index (χ3n) is 3.70. The minimum Gasteiger partial charge on any atom is -0.491 e. The molecule has 0 aliphatic carbocycles. The molecule has 23 heavy (non-hydrogen) atoms. The van der Waals surface area contributed by atoms with Crippen molar-refractivity contribution in [3.63, 3.8) is 0 Å². The van der Waals surface area contributed by atoms with E-state index in [2.05, 4.69) is 10.3 Å². The molecule has 1 N–H and O–H groups in total. The molecule has 1 amide bonds. The van der Waals surface area contributed by atoms with E-state index in [0.29, 0.717) is 13.2 Å². The van der Waals surface area contributed by atoms with Crippen molar-refractivity contribution >= 4 is 11.9 Å². The lowest BCUT2D eigenvalue weighted by atomic mass is 10.2. The molecular formula is C15H16N4O4. The second-order valence-corrected chi connectivity index (χ2v) is 5.40. The number of aromatic nitrogens is 3. The third kappa shape index (κ3) is 3.15. The molecular weight excluding hydrogens is 300 g/mol. The molecule has 1 aliphatic heterocycles. The number of amides is 1. The van der Waals surface area contributed by atoms with E-state index < -0.39 is 5.97 Å². The van der Waals surface area contributed by atoms with Crippen molar-refractivity contribution in [3.05, 3.63) is 41.7 Å². The summed E-state index contributed by atoms with van der Waals surface area (Å²) in [7, 11) is 0. The zero-order valence-corrected chi connectivity index (χ0v) is 12.5. The van der Waals surface area contributed by atoms with Crippen molar-refractivity contribution in [1.82, 2.24) is 19.9 Å². The quantitative estimate of drug-likeness (QED) is 0.899. The molecule has 1 atom stereocenters. The molecule has 1 aliphatic rings. The number of carboxylic acid groups (broad SMARTS) is 1. The lowest BCUT2D eigenvalue weighted by Gasteiger charge is -2.26. The highest BCUT2D eigenvalue weighted by Crippen LogP contribution is 2.24. The number of fused-ring (bicyclic) bond motifs is 1. The van der Waals surface area contributed by atoms with Crippen molar-refractivity contribution < 1.29 is 19.4 Å². The van der Waals surface area contributed by atoms with Gasteiger partial charge in [-0.25, -0.2) is 9.48 Å². The number of aromatic carboxylic acids is 1. The minimum absolute atomic E-state index is 0.0627. The predicted molar refractivity (Wildman–Crippen MR) is 78.9 cm³/mol. The highest BCUT2D eigenvalue weighted by molar-refractivity contribution is 5.84. The Morgan fingerprint density at radius 2 is 2.17 bits per heavy atom. The van der Waals surface area contributed by atoms with Gasteiger partial charge in [0.05, 0.1) is 12.2 Å². The highest BCUT2D eigenvalue weighted by Gasteiger charge is 2.26. The van der Waals surface area contributed by atoms with Crippen LogP contribution in [0.4, 0.5) is 0 Å². The molecule has 0 fully saturated rings. The van der Waals surface area contributed by atoms with E-state index in [1.54, 1.807) is 4.90 Å². The summed E-state index contributed by atoms with van der Waals surface area (Å²) < 4.78 is 6.95. The Morgan fingerprint density at radius 1 is 1.39 bits per heavy atom. The zero-order chi connectivity index (χ0) is 16.4. The Labute approximate surface area is 132 Å². The summed E-state index contributed by atoms with van der Waals surface area (Å²) in [6.07, 6.45) is 1.24. The Hall–Kier alpha value is -2.90. The average Bonchev–Trinajstić information content (AvgIpc) is 2.92. The molecule has 2 heterocycles. The Morgan fingerprint density at radius 3 is 2.91 bits per heavy atom. The van der Waals surface area contributed by atoms with Crippen LogP contribution >= 0.6 is 0 Å². The molecule has 1 aromatic heterocycles. The number of ether oxygens (including phenoxy) is 1. The number of nitrogens with zero attached hydrogens (tertiary/aromatic N) is 4. The summed E-state index contributed by atoms with van der Waals surface area (Å²) in [4.78, 5) is 25.1. The van der Waals surface area contributed by atoms with Crippen molar-refractivity contribution in [2.75, 3.05) is 6.61 Å². The van der Waals surface area contributed by atoms with Gasteiger partial charge in [0.2, 0.25) is 5.91 Å². The van der Waals surface area contributed by atoms with E-state index in [-0.39, 0.29) is 24.2 Å². The number of hydrogen-bond acceptors (Lipinski definition) is 5. The lowest BCUT2D eigenvalue weighted by Crippen LogP contribution is -2.41. The Balaban J connectivity index is 1.76. The monoisotopic (exact) mass is 316 g/mol. The maximum Gasteiger partial charge on any atom is 0.358 e. The fourth-order valence-corrected chi connectivity index (χ4v) is 2.45. The molecule has 8 nitrogen and oxygen atoms in total. The van der Waals surface area contributed by atoms with Crippen molar-refractivity contribution in [3.8, 4) is 5.75 Å². The van der Waals surface area contributed by atoms with E-state index in [0.717, 1.165) is 11.3 Å². The normalized spacial score (nSPS) is 17.1. The summed E-state index contributed by atoms with van der Waals surface area (Å²) >= 11 is 0. The molecule has 120 valence electrons. The van der Waals surface area contributed by atoms with Gasteiger partial charge in [0.25, 0.3) is 0 Å². The summed E-state index contributed by atoms with van der Waals surface area (Å²) in [6.45, 7) is 2.69. The number of hydrogen-bond donors (Lipinski definition) is 1. The van der Waals surface area contributed by atoms with Crippen LogP contribution in [-0.4, -0.2) is 49.5 Å². The van der Waals surface area contributed by atoms with Crippen LogP contribution in [-0.2, 0) is 17.9 Å². The topological polar surface area (TPSA) is 97.5 Å². The number of carbonyl (C=O) groups excluding carboxylic acids is 1. The first-order valence-electron chi connectivity index (χ1n) is 7.18. The Kier molecular flexibility index (Phi) is 3.96. The van der Waals surface area contributed by atoms with Crippen LogP contribution in [0.1, 0.15) is 23.0 Å². The SMILES string of the molecule is CC1COc2ccccc2CN1C(=O)Cn1cc(C(=O)O)nn1. The fourth-order valence-electron chi connectivity index (χ4n) is 2.45. The number of rotatable bonds is 3. The van der Waals surface area contributed by atoms with E-state index in [1.807, 2.05) is 31.2 Å². The molecule has 8 heteroatoms. The molecule has 0 saturated heterocycles. The van der Waals surface area contributed by atoms with Gasteiger partial charge in [0.15, 0.2) is 5.69 Å². The molecule has 0 spiro atoms. The first-order chi connectivity index (χ1) is 11.0. The molecule has 0 saturated carbocycles. The van der Waals surface area contributed by atoms with Gasteiger partial charge in [-0.2, -0.15) is 0 Å². The van der Waals surface area contributed by atoms with Crippen LogP contribution in [0.2, 0.25) is 0 Å². The van der Waals surface area contributed by atoms with Crippen LogP contribution in [0.5, 0.6) is 5.75 Å². The van der Waals surface area contributed by atoms with Gasteiger partial charge in [-0.15, -0.1) is 5.10 Å². The lowest BCUT2D eigenvalue weighted by molar-refractivity contribution is -0.135. The highest BCUT2D eigenvalue weighted by atomic mass is 16.5.